The van der Waals surface area contributed by atoms with Crippen LogP contribution in [0.25, 0.3) is 0 Å². The van der Waals surface area contributed by atoms with Gasteiger partial charge in [-0.2, -0.15) is 0 Å². The SMILES string of the molecule is N[C@H](CC(=O)O)C(=O)N1CC(Oc2ccc3c(c2C(=O)O)O[B-](O)(O)CC3)C1. The number of carbonyl (C=O) groups is 3. The van der Waals surface area contributed by atoms with Crippen LogP contribution in [0, 0.1) is 0 Å². The van der Waals surface area contributed by atoms with E-state index in [9.17, 15) is 29.5 Å². The summed E-state index contributed by atoms with van der Waals surface area (Å²) in [4.78, 5) is 35.7. The van der Waals surface area contributed by atoms with E-state index < -0.39 is 43.2 Å². The Morgan fingerprint density at radius 2 is 1.96 bits per heavy atom. The van der Waals surface area contributed by atoms with Crippen LogP contribution in [0.15, 0.2) is 12.1 Å². The van der Waals surface area contributed by atoms with E-state index in [-0.39, 0.29) is 42.9 Å². The molecule has 1 fully saturated rings. The average Bonchev–Trinajstić information content (AvgIpc) is 2.54. The molecule has 11 nitrogen and oxygen atoms in total. The van der Waals surface area contributed by atoms with Gasteiger partial charge in [-0.05, 0) is 18.1 Å². The quantitative estimate of drug-likeness (QED) is 0.361. The number of ether oxygens (including phenoxy) is 1. The highest BCUT2D eigenvalue weighted by Crippen LogP contribution is 2.38. The van der Waals surface area contributed by atoms with E-state index in [1.54, 1.807) is 6.07 Å². The predicted molar refractivity (Wildman–Crippen MR) is 94.0 cm³/mol. The molecule has 152 valence electrons. The van der Waals surface area contributed by atoms with Crippen molar-refractivity contribution < 1.29 is 44.0 Å². The molecule has 0 bridgehead atoms. The van der Waals surface area contributed by atoms with Crippen LogP contribution in [0.3, 0.4) is 0 Å². The minimum absolute atomic E-state index is 0.0216. The first-order valence-electron chi connectivity index (χ1n) is 8.68. The molecule has 0 radical (unpaired) electrons. The lowest BCUT2D eigenvalue weighted by Crippen LogP contribution is -2.60. The Labute approximate surface area is 159 Å². The molecule has 0 spiro atoms. The maximum Gasteiger partial charge on any atom is 0.430 e. The lowest BCUT2D eigenvalue weighted by atomic mass is 9.70. The van der Waals surface area contributed by atoms with Crippen LogP contribution in [0.4, 0.5) is 0 Å². The van der Waals surface area contributed by atoms with Crippen molar-refractivity contribution >= 4 is 24.6 Å². The summed E-state index contributed by atoms with van der Waals surface area (Å²) < 4.78 is 10.7. The molecule has 1 amide bonds. The molecule has 1 saturated heterocycles. The summed E-state index contributed by atoms with van der Waals surface area (Å²) in [5.41, 5.74) is 5.74. The number of carboxylic acid groups (broad SMARTS) is 2. The summed E-state index contributed by atoms with van der Waals surface area (Å²) >= 11 is 0. The number of aromatic carboxylic acids is 1. The maximum atomic E-state index is 12.0. The number of benzene rings is 1. The van der Waals surface area contributed by atoms with Crippen LogP contribution >= 0.6 is 0 Å². The van der Waals surface area contributed by atoms with Crippen molar-refractivity contribution in [2.75, 3.05) is 13.1 Å². The third-order valence-electron chi connectivity index (χ3n) is 4.68. The van der Waals surface area contributed by atoms with E-state index in [1.165, 1.54) is 11.0 Å². The van der Waals surface area contributed by atoms with Crippen molar-refractivity contribution in [2.45, 2.75) is 31.3 Å². The van der Waals surface area contributed by atoms with Gasteiger partial charge in [-0.1, -0.05) is 12.4 Å². The van der Waals surface area contributed by atoms with E-state index >= 15 is 0 Å². The lowest BCUT2D eigenvalue weighted by Gasteiger charge is -2.41. The molecule has 0 aliphatic carbocycles. The predicted octanol–water partition coefficient (Wildman–Crippen LogP) is -1.37. The van der Waals surface area contributed by atoms with Crippen molar-refractivity contribution in [3.8, 4) is 11.5 Å². The minimum Gasteiger partial charge on any atom is -0.669 e. The zero-order chi connectivity index (χ0) is 20.6. The Hall–Kier alpha value is -2.83. The number of likely N-dealkylation sites (tertiary alicyclic amines) is 1. The molecule has 0 unspecified atom stereocenters. The van der Waals surface area contributed by atoms with Gasteiger partial charge in [0, 0.05) is 0 Å². The molecule has 28 heavy (non-hydrogen) atoms. The molecule has 0 saturated carbocycles. The van der Waals surface area contributed by atoms with Crippen LogP contribution in [-0.2, 0) is 16.0 Å². The first kappa shape index (κ1) is 19.9. The fourth-order valence-electron chi connectivity index (χ4n) is 3.21. The maximum absolute atomic E-state index is 12.0. The number of nitrogens with zero attached hydrogens (tertiary/aromatic N) is 1. The standard InChI is InChI=1S/C16H20BN2O9/c18-10(5-12(20)21)15(22)19-6-9(7-19)27-11-2-1-8-3-4-17(25,26)28-14(8)13(11)16(23)24/h1-2,9-10,25-26H,3-7,18H2,(H,20,21)(H,23,24)/q-1/t10-/m1/s1. The number of aryl methyl sites for hydroxylation is 1. The van der Waals surface area contributed by atoms with Gasteiger partial charge < -0.3 is 40.3 Å². The highest BCUT2D eigenvalue weighted by molar-refractivity contribution is 6.59. The van der Waals surface area contributed by atoms with Gasteiger partial charge in [0.05, 0.1) is 31.3 Å². The molecule has 1 aromatic carbocycles. The third kappa shape index (κ3) is 4.03. The zero-order valence-corrected chi connectivity index (χ0v) is 14.8. The Morgan fingerprint density at radius 1 is 1.29 bits per heavy atom. The fraction of sp³-hybridized carbons (Fsp3) is 0.438. The van der Waals surface area contributed by atoms with Crippen LogP contribution in [-0.4, -0.2) is 75.0 Å². The Bertz CT molecular complexity index is 823. The summed E-state index contributed by atoms with van der Waals surface area (Å²) in [7, 11) is 0. The molecular formula is C16H20BN2O9-. The monoisotopic (exact) mass is 395 g/mol. The molecule has 1 atom stereocenters. The van der Waals surface area contributed by atoms with Gasteiger partial charge in [0.1, 0.15) is 17.4 Å². The van der Waals surface area contributed by atoms with Crippen LogP contribution in [0.1, 0.15) is 22.3 Å². The number of carbonyl (C=O) groups excluding carboxylic acids is 1. The fourth-order valence-corrected chi connectivity index (χ4v) is 3.21. The van der Waals surface area contributed by atoms with Crippen molar-refractivity contribution in [1.29, 1.82) is 0 Å². The number of hydrogen-bond donors (Lipinski definition) is 5. The van der Waals surface area contributed by atoms with Crippen LogP contribution in [0.5, 0.6) is 11.5 Å². The smallest absolute Gasteiger partial charge is 0.430 e. The van der Waals surface area contributed by atoms with Gasteiger partial charge >= 0.3 is 18.7 Å². The van der Waals surface area contributed by atoms with Gasteiger partial charge in [-0.25, -0.2) is 4.79 Å². The number of amides is 1. The topological polar surface area (TPSA) is 180 Å². The highest BCUT2D eigenvalue weighted by atomic mass is 16.6. The van der Waals surface area contributed by atoms with Crippen LogP contribution in [0.2, 0.25) is 6.32 Å². The van der Waals surface area contributed by atoms with Gasteiger partial charge in [0.25, 0.3) is 0 Å². The normalized spacial score (nSPS) is 19.0. The largest absolute Gasteiger partial charge is 0.669 e. The van der Waals surface area contributed by atoms with E-state index in [4.69, 9.17) is 20.2 Å². The molecular weight excluding hydrogens is 375 g/mol. The van der Waals surface area contributed by atoms with E-state index in [2.05, 4.69) is 0 Å². The second-order valence-electron chi connectivity index (χ2n) is 6.93. The number of carboxylic acids is 2. The van der Waals surface area contributed by atoms with Crippen molar-refractivity contribution in [1.82, 2.24) is 4.90 Å². The van der Waals surface area contributed by atoms with Gasteiger partial charge in [0.2, 0.25) is 5.91 Å². The summed E-state index contributed by atoms with van der Waals surface area (Å²) in [6, 6.07) is 1.89. The number of hydrogen-bond acceptors (Lipinski definition) is 8. The second-order valence-corrected chi connectivity index (χ2v) is 6.93. The van der Waals surface area contributed by atoms with Crippen molar-refractivity contribution in [3.63, 3.8) is 0 Å². The highest BCUT2D eigenvalue weighted by Gasteiger charge is 2.37. The summed E-state index contributed by atoms with van der Waals surface area (Å²) in [5.74, 6) is -3.22. The summed E-state index contributed by atoms with van der Waals surface area (Å²) in [5, 5.41) is 37.7. The third-order valence-corrected chi connectivity index (χ3v) is 4.68. The molecule has 1 aromatic rings. The average molecular weight is 395 g/mol. The Kier molecular flexibility index (Phi) is 5.19. The van der Waals surface area contributed by atoms with E-state index in [0.29, 0.717) is 5.56 Å². The van der Waals surface area contributed by atoms with Gasteiger partial charge in [0.15, 0.2) is 0 Å². The Morgan fingerprint density at radius 3 is 2.57 bits per heavy atom. The van der Waals surface area contributed by atoms with E-state index in [1.807, 2.05) is 0 Å². The first-order valence-corrected chi connectivity index (χ1v) is 8.68. The first-order chi connectivity index (χ1) is 13.1. The van der Waals surface area contributed by atoms with Crippen molar-refractivity contribution in [3.05, 3.63) is 23.3 Å². The zero-order valence-electron chi connectivity index (χ0n) is 14.8. The molecule has 0 aromatic heterocycles. The minimum atomic E-state index is -3.14. The summed E-state index contributed by atoms with van der Waals surface area (Å²) in [6.07, 6.45) is -0.796. The lowest BCUT2D eigenvalue weighted by molar-refractivity contribution is -0.146. The molecule has 12 heteroatoms. The van der Waals surface area contributed by atoms with E-state index in [0.717, 1.165) is 0 Å². The molecule has 6 N–H and O–H groups in total. The molecule has 3 rings (SSSR count). The van der Waals surface area contributed by atoms with Gasteiger partial charge in [-0.3, -0.25) is 9.59 Å². The van der Waals surface area contributed by atoms with Gasteiger partial charge in [-0.15, -0.1) is 0 Å². The number of rotatable bonds is 6. The molecule has 2 aliphatic heterocycles. The molecule has 2 aliphatic rings. The second kappa shape index (κ2) is 7.30. The number of fused-ring (bicyclic) bond motifs is 1. The molecule has 2 heterocycles. The number of nitrogens with two attached hydrogens (primary N) is 1. The van der Waals surface area contributed by atoms with Crippen molar-refractivity contribution in [2.24, 2.45) is 5.73 Å². The number of aliphatic carboxylic acids is 1. The van der Waals surface area contributed by atoms with Crippen LogP contribution < -0.4 is 15.1 Å². The Balaban J connectivity index is 1.70. The summed E-state index contributed by atoms with van der Waals surface area (Å²) in [6.45, 7) is -2.89.